The average Bonchev–Trinajstić information content (AvgIpc) is 3.22. The summed E-state index contributed by atoms with van der Waals surface area (Å²) in [6, 6.07) is 9.77. The fourth-order valence-corrected chi connectivity index (χ4v) is 5.24. The van der Waals surface area contributed by atoms with Crippen LogP contribution in [0.5, 0.6) is 5.75 Å². The molecule has 148 valence electrons. The largest absolute Gasteiger partial charge is 0.497 e. The van der Waals surface area contributed by atoms with Crippen LogP contribution in [0, 0.1) is 0 Å². The molecule has 2 heterocycles. The van der Waals surface area contributed by atoms with E-state index < -0.39 is 10.0 Å². The molecule has 7 heteroatoms. The normalized spacial score (nSPS) is 16.9. The summed E-state index contributed by atoms with van der Waals surface area (Å²) in [6.45, 7) is 2.50. The Kier molecular flexibility index (Phi) is 7.29. The Morgan fingerprint density at radius 1 is 1.15 bits per heavy atom. The fourth-order valence-electron chi connectivity index (χ4n) is 3.47. The summed E-state index contributed by atoms with van der Waals surface area (Å²) in [5.74, 6) is 0.871. The molecular formula is C20H28N2O3S2. The number of likely N-dealkylation sites (tertiary alicyclic amines) is 1. The van der Waals surface area contributed by atoms with Crippen molar-refractivity contribution in [2.24, 2.45) is 0 Å². The number of hydrogen-bond donors (Lipinski definition) is 1. The molecule has 3 rings (SSSR count). The molecule has 1 N–H and O–H groups in total. The van der Waals surface area contributed by atoms with Gasteiger partial charge in [-0.25, -0.2) is 13.1 Å². The van der Waals surface area contributed by atoms with Crippen LogP contribution in [0.15, 0.2) is 41.1 Å². The average molecular weight is 409 g/mol. The van der Waals surface area contributed by atoms with Crippen molar-refractivity contribution in [3.05, 3.63) is 52.2 Å². The van der Waals surface area contributed by atoms with E-state index in [9.17, 15) is 8.42 Å². The molecule has 1 aromatic carbocycles. The van der Waals surface area contributed by atoms with Gasteiger partial charge in [0.05, 0.1) is 12.9 Å². The predicted octanol–water partition coefficient (Wildman–Crippen LogP) is 3.45. The Bertz CT molecular complexity index is 783. The van der Waals surface area contributed by atoms with Gasteiger partial charge in [-0.2, -0.15) is 11.3 Å². The number of rotatable bonds is 9. The number of methoxy groups -OCH3 is 1. The number of sulfonamides is 1. The van der Waals surface area contributed by atoms with Crippen molar-refractivity contribution in [1.82, 2.24) is 9.62 Å². The van der Waals surface area contributed by atoms with E-state index in [0.29, 0.717) is 13.0 Å². The standard InChI is InChI=1S/C20H28N2O3S2/c1-25-19-7-5-17(6-8-19)10-14-27(23,24)21-15-20(18-9-13-26-16-18)22-11-3-2-4-12-22/h5-9,13,16,20-21H,2-4,10-12,14-15H2,1H3. The second-order valence-electron chi connectivity index (χ2n) is 6.93. The zero-order valence-electron chi connectivity index (χ0n) is 15.8. The highest BCUT2D eigenvalue weighted by molar-refractivity contribution is 7.89. The van der Waals surface area contributed by atoms with Crippen LogP contribution in [0.2, 0.25) is 0 Å². The van der Waals surface area contributed by atoms with Crippen LogP contribution < -0.4 is 9.46 Å². The molecule has 2 aromatic rings. The zero-order chi connectivity index (χ0) is 19.1. The SMILES string of the molecule is COc1ccc(CCS(=O)(=O)NCC(c2ccsc2)N2CCCCC2)cc1. The van der Waals surface area contributed by atoms with Crippen LogP contribution >= 0.6 is 11.3 Å². The number of nitrogens with one attached hydrogen (secondary N) is 1. The highest BCUT2D eigenvalue weighted by Crippen LogP contribution is 2.26. The lowest BCUT2D eigenvalue weighted by molar-refractivity contribution is 0.165. The molecule has 1 aromatic heterocycles. The Morgan fingerprint density at radius 3 is 2.52 bits per heavy atom. The number of ether oxygens (including phenoxy) is 1. The third-order valence-electron chi connectivity index (χ3n) is 5.07. The van der Waals surface area contributed by atoms with Gasteiger partial charge < -0.3 is 4.74 Å². The highest BCUT2D eigenvalue weighted by Gasteiger charge is 2.24. The van der Waals surface area contributed by atoms with Crippen LogP contribution in [-0.2, 0) is 16.4 Å². The summed E-state index contributed by atoms with van der Waals surface area (Å²) in [4.78, 5) is 2.41. The number of thiophene rings is 1. The molecule has 0 bridgehead atoms. The summed E-state index contributed by atoms with van der Waals surface area (Å²) in [6.07, 6.45) is 4.13. The maximum atomic E-state index is 12.5. The first kappa shape index (κ1) is 20.3. The van der Waals surface area contributed by atoms with Crippen LogP contribution in [0.25, 0.3) is 0 Å². The summed E-state index contributed by atoms with van der Waals surface area (Å²) in [5.41, 5.74) is 2.20. The molecule has 0 aliphatic carbocycles. The number of piperidine rings is 1. The van der Waals surface area contributed by atoms with Gasteiger partial charge in [-0.1, -0.05) is 18.6 Å². The van der Waals surface area contributed by atoms with Gasteiger partial charge in [-0.3, -0.25) is 4.90 Å². The summed E-state index contributed by atoms with van der Waals surface area (Å²) < 4.78 is 33.1. The maximum Gasteiger partial charge on any atom is 0.211 e. The Labute approximate surface area is 166 Å². The van der Waals surface area contributed by atoms with E-state index in [1.807, 2.05) is 24.3 Å². The van der Waals surface area contributed by atoms with Gasteiger partial charge >= 0.3 is 0 Å². The van der Waals surface area contributed by atoms with Gasteiger partial charge in [-0.15, -0.1) is 0 Å². The van der Waals surface area contributed by atoms with E-state index >= 15 is 0 Å². The zero-order valence-corrected chi connectivity index (χ0v) is 17.4. The van der Waals surface area contributed by atoms with E-state index in [2.05, 4.69) is 26.4 Å². The first-order valence-corrected chi connectivity index (χ1v) is 12.0. The molecule has 0 radical (unpaired) electrons. The lowest BCUT2D eigenvalue weighted by Gasteiger charge is -2.34. The van der Waals surface area contributed by atoms with E-state index in [1.54, 1.807) is 18.4 Å². The Hall–Kier alpha value is -1.41. The fraction of sp³-hybridized carbons (Fsp3) is 0.500. The second-order valence-corrected chi connectivity index (χ2v) is 9.64. The molecule has 27 heavy (non-hydrogen) atoms. The molecule has 0 spiro atoms. The van der Waals surface area contributed by atoms with Gasteiger partial charge in [0.2, 0.25) is 10.0 Å². The van der Waals surface area contributed by atoms with Crippen LogP contribution in [0.4, 0.5) is 0 Å². The molecule has 5 nitrogen and oxygen atoms in total. The highest BCUT2D eigenvalue weighted by atomic mass is 32.2. The number of nitrogens with zero attached hydrogens (tertiary/aromatic N) is 1. The summed E-state index contributed by atoms with van der Waals surface area (Å²) in [5, 5.41) is 4.19. The van der Waals surface area contributed by atoms with E-state index in [-0.39, 0.29) is 11.8 Å². The lowest BCUT2D eigenvalue weighted by atomic mass is 10.0. The van der Waals surface area contributed by atoms with E-state index in [0.717, 1.165) is 24.4 Å². The van der Waals surface area contributed by atoms with Crippen molar-refractivity contribution in [2.75, 3.05) is 32.5 Å². The van der Waals surface area contributed by atoms with Gasteiger partial charge in [0.1, 0.15) is 5.75 Å². The third-order valence-corrected chi connectivity index (χ3v) is 7.12. The minimum Gasteiger partial charge on any atom is -0.497 e. The van der Waals surface area contributed by atoms with Gasteiger partial charge in [0.25, 0.3) is 0 Å². The van der Waals surface area contributed by atoms with E-state index in [1.165, 1.54) is 24.8 Å². The predicted molar refractivity (Wildman–Crippen MR) is 111 cm³/mol. The van der Waals surface area contributed by atoms with Gasteiger partial charge in [-0.05, 0) is 72.4 Å². The van der Waals surface area contributed by atoms with Crippen molar-refractivity contribution in [3.8, 4) is 5.75 Å². The van der Waals surface area contributed by atoms with Crippen LogP contribution in [0.3, 0.4) is 0 Å². The quantitative estimate of drug-likeness (QED) is 0.690. The second kappa shape index (κ2) is 9.68. The van der Waals surface area contributed by atoms with Crippen LogP contribution in [-0.4, -0.2) is 45.8 Å². The van der Waals surface area contributed by atoms with Gasteiger partial charge in [0, 0.05) is 12.6 Å². The topological polar surface area (TPSA) is 58.6 Å². The van der Waals surface area contributed by atoms with Crippen molar-refractivity contribution >= 4 is 21.4 Å². The molecule has 0 saturated carbocycles. The van der Waals surface area contributed by atoms with Gasteiger partial charge in [0.15, 0.2) is 0 Å². The molecule has 1 unspecified atom stereocenters. The first-order valence-electron chi connectivity index (χ1n) is 9.44. The maximum absolute atomic E-state index is 12.5. The summed E-state index contributed by atoms with van der Waals surface area (Å²) in [7, 11) is -1.70. The minimum atomic E-state index is -3.32. The lowest BCUT2D eigenvalue weighted by Crippen LogP contribution is -2.41. The monoisotopic (exact) mass is 408 g/mol. The summed E-state index contributed by atoms with van der Waals surface area (Å²) >= 11 is 1.66. The number of benzene rings is 1. The molecule has 1 atom stereocenters. The first-order chi connectivity index (χ1) is 13.1. The van der Waals surface area contributed by atoms with Crippen LogP contribution in [0.1, 0.15) is 36.4 Å². The molecule has 1 fully saturated rings. The Balaban J connectivity index is 1.57. The van der Waals surface area contributed by atoms with Crippen molar-refractivity contribution < 1.29 is 13.2 Å². The number of aryl methyl sites for hydroxylation is 1. The third kappa shape index (κ3) is 6.04. The van der Waals surface area contributed by atoms with E-state index in [4.69, 9.17) is 4.74 Å². The molecule has 0 amide bonds. The number of hydrogen-bond acceptors (Lipinski definition) is 5. The van der Waals surface area contributed by atoms with Crippen molar-refractivity contribution in [3.63, 3.8) is 0 Å². The minimum absolute atomic E-state index is 0.0929. The van der Waals surface area contributed by atoms with Crippen molar-refractivity contribution in [2.45, 2.75) is 31.7 Å². The molecule has 1 saturated heterocycles. The smallest absolute Gasteiger partial charge is 0.211 e. The van der Waals surface area contributed by atoms with Crippen molar-refractivity contribution in [1.29, 1.82) is 0 Å². The molecule has 1 aliphatic heterocycles. The molecule has 1 aliphatic rings. The Morgan fingerprint density at radius 2 is 1.89 bits per heavy atom. The molecular weight excluding hydrogens is 380 g/mol.